The summed E-state index contributed by atoms with van der Waals surface area (Å²) >= 11 is 1.64. The number of para-hydroxylation sites is 1. The largest absolute Gasteiger partial charge is 0.352 e. The van der Waals surface area contributed by atoms with Crippen molar-refractivity contribution in [2.75, 3.05) is 18.0 Å². The maximum absolute atomic E-state index is 12.3. The maximum atomic E-state index is 12.3. The number of carbonyl (C=O) groups excluding carboxylic acids is 1. The smallest absolute Gasteiger partial charge is 0.241 e. The van der Waals surface area contributed by atoms with E-state index in [-0.39, 0.29) is 12.5 Å². The van der Waals surface area contributed by atoms with Crippen LogP contribution in [0.15, 0.2) is 35.8 Å². The molecule has 0 spiro atoms. The molecule has 7 nitrogen and oxygen atoms in total. The number of nitrogens with one attached hydrogen (secondary N) is 1. The second-order valence-corrected chi connectivity index (χ2v) is 6.72. The first-order chi connectivity index (χ1) is 11.8. The van der Waals surface area contributed by atoms with Crippen molar-refractivity contribution >= 4 is 33.4 Å². The number of hydrogen-bond acceptors (Lipinski definition) is 6. The Kier molecular flexibility index (Phi) is 4.12. The molecule has 1 aliphatic heterocycles. The quantitative estimate of drug-likeness (QED) is 0.763. The van der Waals surface area contributed by atoms with Gasteiger partial charge in [0.05, 0.1) is 5.52 Å². The van der Waals surface area contributed by atoms with Crippen molar-refractivity contribution in [3.05, 3.63) is 35.8 Å². The van der Waals surface area contributed by atoms with Crippen molar-refractivity contribution in [3.8, 4) is 0 Å². The summed E-state index contributed by atoms with van der Waals surface area (Å²) in [4.78, 5) is 18.9. The van der Waals surface area contributed by atoms with Gasteiger partial charge in [0.15, 0.2) is 5.13 Å². The molecule has 124 valence electrons. The molecular formula is C16H18N6OS. The highest BCUT2D eigenvalue weighted by atomic mass is 32.1. The lowest BCUT2D eigenvalue weighted by molar-refractivity contribution is -0.121. The second-order valence-electron chi connectivity index (χ2n) is 5.84. The van der Waals surface area contributed by atoms with Crippen molar-refractivity contribution in [1.82, 2.24) is 25.3 Å². The van der Waals surface area contributed by atoms with Crippen molar-refractivity contribution in [1.29, 1.82) is 0 Å². The Hall–Kier alpha value is -2.48. The van der Waals surface area contributed by atoms with Gasteiger partial charge in [-0.25, -0.2) is 9.67 Å². The summed E-state index contributed by atoms with van der Waals surface area (Å²) in [7, 11) is 0. The van der Waals surface area contributed by atoms with E-state index in [2.05, 4.69) is 25.5 Å². The molecule has 1 amide bonds. The molecule has 8 heteroatoms. The van der Waals surface area contributed by atoms with Crippen LogP contribution in [0.1, 0.15) is 12.8 Å². The maximum Gasteiger partial charge on any atom is 0.241 e. The summed E-state index contributed by atoms with van der Waals surface area (Å²) in [6.45, 7) is 1.82. The predicted molar refractivity (Wildman–Crippen MR) is 93.0 cm³/mol. The molecule has 4 rings (SSSR count). The Labute approximate surface area is 143 Å². The molecular weight excluding hydrogens is 324 g/mol. The second kappa shape index (κ2) is 6.56. The number of rotatable bonds is 5. The van der Waals surface area contributed by atoms with Gasteiger partial charge in [0.2, 0.25) is 5.91 Å². The SMILES string of the molecule is O=C(Cn1nnc2ccccc21)NCC1CCCN1c1nccs1. The van der Waals surface area contributed by atoms with E-state index < -0.39 is 0 Å². The Morgan fingerprint density at radius 2 is 2.29 bits per heavy atom. The van der Waals surface area contributed by atoms with Crippen LogP contribution in [0.25, 0.3) is 11.0 Å². The Balaban J connectivity index is 1.36. The lowest BCUT2D eigenvalue weighted by atomic mass is 10.2. The first-order valence-electron chi connectivity index (χ1n) is 8.02. The van der Waals surface area contributed by atoms with E-state index in [4.69, 9.17) is 0 Å². The van der Waals surface area contributed by atoms with Gasteiger partial charge in [-0.2, -0.15) is 0 Å². The summed E-state index contributed by atoms with van der Waals surface area (Å²) < 4.78 is 1.64. The first-order valence-corrected chi connectivity index (χ1v) is 8.90. The summed E-state index contributed by atoms with van der Waals surface area (Å²) in [5.41, 5.74) is 1.67. The van der Waals surface area contributed by atoms with Crippen LogP contribution in [0.5, 0.6) is 0 Å². The zero-order valence-electron chi connectivity index (χ0n) is 13.1. The van der Waals surface area contributed by atoms with Gasteiger partial charge in [-0.3, -0.25) is 4.79 Å². The monoisotopic (exact) mass is 342 g/mol. The number of carbonyl (C=O) groups is 1. The zero-order chi connectivity index (χ0) is 16.4. The fraction of sp³-hybridized carbons (Fsp3) is 0.375. The van der Waals surface area contributed by atoms with Crippen molar-refractivity contribution < 1.29 is 4.79 Å². The number of amides is 1. The Morgan fingerprint density at radius 3 is 3.17 bits per heavy atom. The number of hydrogen-bond donors (Lipinski definition) is 1. The number of fused-ring (bicyclic) bond motifs is 1. The number of aromatic nitrogens is 4. The van der Waals surface area contributed by atoms with E-state index in [0.29, 0.717) is 12.6 Å². The number of anilines is 1. The van der Waals surface area contributed by atoms with E-state index in [1.54, 1.807) is 16.0 Å². The van der Waals surface area contributed by atoms with Gasteiger partial charge >= 0.3 is 0 Å². The minimum atomic E-state index is -0.0448. The lowest BCUT2D eigenvalue weighted by Crippen LogP contribution is -2.41. The van der Waals surface area contributed by atoms with Gasteiger partial charge in [0.1, 0.15) is 12.1 Å². The van der Waals surface area contributed by atoms with Crippen LogP contribution in [0.3, 0.4) is 0 Å². The third kappa shape index (κ3) is 2.96. The highest BCUT2D eigenvalue weighted by Crippen LogP contribution is 2.26. The molecule has 3 aromatic rings. The number of thiazole rings is 1. The van der Waals surface area contributed by atoms with E-state index in [1.807, 2.05) is 35.8 Å². The van der Waals surface area contributed by atoms with E-state index in [1.165, 1.54) is 0 Å². The summed E-state index contributed by atoms with van der Waals surface area (Å²) in [5.74, 6) is -0.0448. The predicted octanol–water partition coefficient (Wildman–Crippen LogP) is 1.67. The van der Waals surface area contributed by atoms with E-state index >= 15 is 0 Å². The molecule has 3 heterocycles. The molecule has 0 radical (unpaired) electrons. The van der Waals surface area contributed by atoms with Crippen LogP contribution in [0, 0.1) is 0 Å². The Bertz CT molecular complexity index is 830. The zero-order valence-corrected chi connectivity index (χ0v) is 13.9. The molecule has 1 saturated heterocycles. The average molecular weight is 342 g/mol. The Morgan fingerprint density at radius 1 is 1.38 bits per heavy atom. The van der Waals surface area contributed by atoms with Crippen molar-refractivity contribution in [2.45, 2.75) is 25.4 Å². The summed E-state index contributed by atoms with van der Waals surface area (Å²) in [6, 6.07) is 7.96. The topological polar surface area (TPSA) is 75.9 Å². The molecule has 1 aromatic carbocycles. The van der Waals surface area contributed by atoms with Gasteiger partial charge in [0.25, 0.3) is 0 Å². The minimum absolute atomic E-state index is 0.0448. The molecule has 2 aromatic heterocycles. The van der Waals surface area contributed by atoms with Gasteiger partial charge in [-0.05, 0) is 25.0 Å². The molecule has 24 heavy (non-hydrogen) atoms. The number of nitrogens with zero attached hydrogens (tertiary/aromatic N) is 5. The third-order valence-electron chi connectivity index (χ3n) is 4.29. The average Bonchev–Trinajstić information content (AvgIpc) is 3.33. The van der Waals surface area contributed by atoms with Gasteiger partial charge in [0, 0.05) is 30.7 Å². The van der Waals surface area contributed by atoms with Crippen LogP contribution in [0.2, 0.25) is 0 Å². The minimum Gasteiger partial charge on any atom is -0.352 e. The van der Waals surface area contributed by atoms with Crippen LogP contribution in [0.4, 0.5) is 5.13 Å². The highest BCUT2D eigenvalue weighted by Gasteiger charge is 2.26. The molecule has 1 unspecified atom stereocenters. The van der Waals surface area contributed by atoms with E-state index in [0.717, 1.165) is 35.6 Å². The van der Waals surface area contributed by atoms with Gasteiger partial charge in [-0.1, -0.05) is 17.3 Å². The molecule has 1 fully saturated rings. The molecule has 1 atom stereocenters. The summed E-state index contributed by atoms with van der Waals surface area (Å²) in [5, 5.41) is 14.2. The molecule has 1 aliphatic rings. The first kappa shape index (κ1) is 15.1. The molecule has 0 aliphatic carbocycles. The van der Waals surface area contributed by atoms with E-state index in [9.17, 15) is 4.79 Å². The molecule has 0 saturated carbocycles. The normalized spacial score (nSPS) is 17.5. The van der Waals surface area contributed by atoms with Gasteiger partial charge in [-0.15, -0.1) is 16.4 Å². The van der Waals surface area contributed by atoms with Crippen molar-refractivity contribution in [3.63, 3.8) is 0 Å². The highest BCUT2D eigenvalue weighted by molar-refractivity contribution is 7.13. The fourth-order valence-corrected chi connectivity index (χ4v) is 3.86. The third-order valence-corrected chi connectivity index (χ3v) is 5.10. The fourth-order valence-electron chi connectivity index (χ4n) is 3.12. The molecule has 0 bridgehead atoms. The van der Waals surface area contributed by atoms with Crippen LogP contribution in [-0.4, -0.2) is 45.0 Å². The van der Waals surface area contributed by atoms with Crippen LogP contribution < -0.4 is 10.2 Å². The van der Waals surface area contributed by atoms with Crippen LogP contribution in [-0.2, 0) is 11.3 Å². The standard InChI is InChI=1S/C16H18N6OS/c23-15(11-22-14-6-2-1-5-13(14)19-20-22)18-10-12-4-3-8-21(12)16-17-7-9-24-16/h1-2,5-7,9,12H,3-4,8,10-11H2,(H,18,23). The number of benzene rings is 1. The summed E-state index contributed by atoms with van der Waals surface area (Å²) in [6.07, 6.45) is 4.03. The van der Waals surface area contributed by atoms with Gasteiger partial charge < -0.3 is 10.2 Å². The van der Waals surface area contributed by atoms with Crippen LogP contribution >= 0.6 is 11.3 Å². The lowest BCUT2D eigenvalue weighted by Gasteiger charge is -2.24. The molecule has 1 N–H and O–H groups in total. The van der Waals surface area contributed by atoms with Crippen molar-refractivity contribution in [2.24, 2.45) is 0 Å².